The second kappa shape index (κ2) is 5.46. The summed E-state index contributed by atoms with van der Waals surface area (Å²) in [6.45, 7) is 2.09. The van der Waals surface area contributed by atoms with Crippen molar-refractivity contribution >= 4 is 11.7 Å². The molecule has 1 N–H and O–H groups in total. The molecule has 1 heterocycles. The van der Waals surface area contributed by atoms with E-state index >= 15 is 0 Å². The first kappa shape index (κ1) is 14.0. The average molecular weight is 292 g/mol. The summed E-state index contributed by atoms with van der Waals surface area (Å²) in [6.07, 6.45) is 6.63. The van der Waals surface area contributed by atoms with Crippen molar-refractivity contribution in [1.82, 2.24) is 15.1 Å². The number of rotatable bonds is 5. The highest BCUT2D eigenvalue weighted by Gasteiger charge is 2.42. The van der Waals surface area contributed by atoms with Gasteiger partial charge >= 0.3 is 5.82 Å². The van der Waals surface area contributed by atoms with Crippen LogP contribution in [-0.4, -0.2) is 26.7 Å². The molecule has 0 spiro atoms. The zero-order chi connectivity index (χ0) is 15.0. The summed E-state index contributed by atoms with van der Waals surface area (Å²) in [5, 5.41) is 17.3. The first-order valence-electron chi connectivity index (χ1n) is 7.50. The summed E-state index contributed by atoms with van der Waals surface area (Å²) < 4.78 is 1.31. The molecule has 3 rings (SSSR count). The number of aromatic nitrogens is 2. The minimum atomic E-state index is -0.563. The number of hydrogen-bond donors (Lipinski definition) is 1. The average Bonchev–Trinajstić information content (AvgIpc) is 3.13. The molecule has 0 unspecified atom stereocenters. The zero-order valence-corrected chi connectivity index (χ0v) is 12.1. The summed E-state index contributed by atoms with van der Waals surface area (Å²) in [5.41, 5.74) is 0. The Bertz CT molecular complexity index is 556. The smallest absolute Gasteiger partial charge is 0.358 e. The molecule has 2 saturated carbocycles. The van der Waals surface area contributed by atoms with Gasteiger partial charge in [-0.25, -0.2) is 0 Å². The quantitative estimate of drug-likeness (QED) is 0.661. The van der Waals surface area contributed by atoms with Gasteiger partial charge in [0, 0.05) is 6.04 Å². The fraction of sp³-hybridized carbons (Fsp3) is 0.714. The van der Waals surface area contributed by atoms with Crippen LogP contribution in [-0.2, 0) is 11.3 Å². The van der Waals surface area contributed by atoms with Crippen molar-refractivity contribution in [2.45, 2.75) is 45.2 Å². The van der Waals surface area contributed by atoms with E-state index in [4.69, 9.17) is 0 Å². The number of hydrogen-bond acceptors (Lipinski definition) is 4. The van der Waals surface area contributed by atoms with Crippen LogP contribution in [0.15, 0.2) is 12.3 Å². The molecular formula is C14H20N4O3. The standard InChI is InChI=1S/C14H20N4O3/c1-9(12-7-10-2-3-11(12)6-10)15-14(19)8-17-5-4-13(16-17)18(20)21/h4-5,9-12H,2-3,6-8H2,1H3,(H,15,19)/t9-,10+,11+,12+/m1/s1. The lowest BCUT2D eigenvalue weighted by atomic mass is 9.84. The van der Waals surface area contributed by atoms with Crippen LogP contribution in [0.4, 0.5) is 5.82 Å². The SMILES string of the molecule is C[C@@H](NC(=O)Cn1ccc([N+](=O)[O-])n1)[C@@H]1C[C@H]2CC[C@H]1C2. The molecule has 7 nitrogen and oxygen atoms in total. The van der Waals surface area contributed by atoms with Crippen molar-refractivity contribution in [1.29, 1.82) is 0 Å². The maximum Gasteiger partial charge on any atom is 0.389 e. The van der Waals surface area contributed by atoms with Crippen LogP contribution in [0.1, 0.15) is 32.6 Å². The van der Waals surface area contributed by atoms with E-state index in [2.05, 4.69) is 17.3 Å². The lowest BCUT2D eigenvalue weighted by Gasteiger charge is -2.28. The van der Waals surface area contributed by atoms with Gasteiger partial charge in [0.2, 0.25) is 5.91 Å². The molecule has 1 aromatic heterocycles. The number of fused-ring (bicyclic) bond motifs is 2. The van der Waals surface area contributed by atoms with Crippen LogP contribution in [0.5, 0.6) is 0 Å². The molecule has 0 radical (unpaired) electrons. The van der Waals surface area contributed by atoms with E-state index in [0.717, 1.165) is 11.8 Å². The second-order valence-electron chi connectivity index (χ2n) is 6.32. The van der Waals surface area contributed by atoms with Gasteiger partial charge in [-0.2, -0.15) is 4.68 Å². The number of nitro groups is 1. The van der Waals surface area contributed by atoms with Gasteiger partial charge in [0.05, 0.1) is 17.4 Å². The minimum absolute atomic E-state index is 0.0268. The van der Waals surface area contributed by atoms with Crippen LogP contribution in [0.25, 0.3) is 0 Å². The van der Waals surface area contributed by atoms with Gasteiger partial charge < -0.3 is 15.4 Å². The minimum Gasteiger partial charge on any atom is -0.358 e. The monoisotopic (exact) mass is 292 g/mol. The number of nitrogens with zero attached hydrogens (tertiary/aromatic N) is 3. The Labute approximate surface area is 122 Å². The van der Waals surface area contributed by atoms with Gasteiger partial charge in [-0.1, -0.05) is 6.42 Å². The van der Waals surface area contributed by atoms with Crippen LogP contribution in [0, 0.1) is 27.9 Å². The van der Waals surface area contributed by atoms with E-state index in [9.17, 15) is 14.9 Å². The highest BCUT2D eigenvalue weighted by atomic mass is 16.6. The third-order valence-electron chi connectivity index (χ3n) is 4.94. The number of amides is 1. The van der Waals surface area contributed by atoms with Gasteiger partial charge in [0.15, 0.2) is 0 Å². The first-order valence-corrected chi connectivity index (χ1v) is 7.50. The fourth-order valence-corrected chi connectivity index (χ4v) is 4.00. The lowest BCUT2D eigenvalue weighted by Crippen LogP contribution is -2.41. The van der Waals surface area contributed by atoms with Crippen molar-refractivity contribution in [2.75, 3.05) is 0 Å². The highest BCUT2D eigenvalue weighted by Crippen LogP contribution is 2.49. The zero-order valence-electron chi connectivity index (χ0n) is 12.1. The summed E-state index contributed by atoms with van der Waals surface area (Å²) >= 11 is 0. The summed E-state index contributed by atoms with van der Waals surface area (Å²) in [6, 6.07) is 1.46. The maximum absolute atomic E-state index is 12.0. The van der Waals surface area contributed by atoms with Gasteiger partial charge in [-0.05, 0) is 48.9 Å². The van der Waals surface area contributed by atoms with E-state index in [-0.39, 0.29) is 24.3 Å². The second-order valence-corrected chi connectivity index (χ2v) is 6.32. The van der Waals surface area contributed by atoms with E-state index in [1.807, 2.05) is 0 Å². The normalized spacial score (nSPS) is 28.5. The summed E-state index contributed by atoms with van der Waals surface area (Å²) in [5.74, 6) is 1.83. The fourth-order valence-electron chi connectivity index (χ4n) is 4.00. The molecule has 4 atom stereocenters. The Morgan fingerprint density at radius 1 is 1.57 bits per heavy atom. The largest absolute Gasteiger partial charge is 0.389 e. The molecule has 7 heteroatoms. The van der Waals surface area contributed by atoms with Gasteiger partial charge in [-0.3, -0.25) is 4.79 Å². The van der Waals surface area contributed by atoms with Crippen molar-refractivity contribution in [2.24, 2.45) is 17.8 Å². The highest BCUT2D eigenvalue weighted by molar-refractivity contribution is 5.76. The maximum atomic E-state index is 12.0. The Hall–Kier alpha value is -1.92. The van der Waals surface area contributed by atoms with Crippen molar-refractivity contribution in [3.8, 4) is 0 Å². The molecular weight excluding hydrogens is 272 g/mol. The predicted molar refractivity (Wildman–Crippen MR) is 75.4 cm³/mol. The molecule has 2 bridgehead atoms. The Morgan fingerprint density at radius 3 is 2.95 bits per heavy atom. The molecule has 114 valence electrons. The van der Waals surface area contributed by atoms with Crippen LogP contribution in [0.2, 0.25) is 0 Å². The van der Waals surface area contributed by atoms with Crippen LogP contribution < -0.4 is 5.32 Å². The van der Waals surface area contributed by atoms with Gasteiger partial charge in [-0.15, -0.1) is 0 Å². The Kier molecular flexibility index (Phi) is 3.65. The van der Waals surface area contributed by atoms with Crippen molar-refractivity contribution in [3.63, 3.8) is 0 Å². The van der Waals surface area contributed by atoms with Crippen molar-refractivity contribution in [3.05, 3.63) is 22.4 Å². The molecule has 1 amide bonds. The van der Waals surface area contributed by atoms with Crippen molar-refractivity contribution < 1.29 is 9.72 Å². The molecule has 0 aromatic carbocycles. The molecule has 1 aromatic rings. The van der Waals surface area contributed by atoms with Crippen LogP contribution >= 0.6 is 0 Å². The Balaban J connectivity index is 1.52. The third kappa shape index (κ3) is 2.91. The van der Waals surface area contributed by atoms with Gasteiger partial charge in [0.25, 0.3) is 0 Å². The third-order valence-corrected chi connectivity index (χ3v) is 4.94. The molecule has 0 saturated heterocycles. The van der Waals surface area contributed by atoms with Crippen LogP contribution in [0.3, 0.4) is 0 Å². The number of carbonyl (C=O) groups is 1. The summed E-state index contributed by atoms with van der Waals surface area (Å²) in [4.78, 5) is 22.0. The molecule has 0 aliphatic heterocycles. The topological polar surface area (TPSA) is 90.1 Å². The molecule has 2 fully saturated rings. The molecule has 2 aliphatic rings. The first-order chi connectivity index (χ1) is 10.0. The number of carbonyl (C=O) groups excluding carboxylic acids is 1. The van der Waals surface area contributed by atoms with Gasteiger partial charge in [0.1, 0.15) is 6.54 Å². The van der Waals surface area contributed by atoms with E-state index in [1.165, 1.54) is 42.6 Å². The summed E-state index contributed by atoms with van der Waals surface area (Å²) in [7, 11) is 0. The molecule has 2 aliphatic carbocycles. The predicted octanol–water partition coefficient (Wildman–Crippen LogP) is 1.73. The van der Waals surface area contributed by atoms with E-state index in [1.54, 1.807) is 0 Å². The van der Waals surface area contributed by atoms with E-state index in [0.29, 0.717) is 5.92 Å². The Morgan fingerprint density at radius 2 is 2.38 bits per heavy atom. The lowest BCUT2D eigenvalue weighted by molar-refractivity contribution is -0.389. The molecule has 21 heavy (non-hydrogen) atoms. The van der Waals surface area contributed by atoms with E-state index < -0.39 is 4.92 Å². The number of nitrogens with one attached hydrogen (secondary N) is 1.